The average molecular weight is 509 g/mol. The molecule has 6 rings (SSSR count). The fourth-order valence-corrected chi connectivity index (χ4v) is 7.79. The smallest absolute Gasteiger partial charge is 0.385 e. The van der Waals surface area contributed by atoms with Crippen molar-refractivity contribution in [2.75, 3.05) is 0 Å². The maximum atomic E-state index is 13.2. The van der Waals surface area contributed by atoms with Crippen LogP contribution in [0.4, 0.5) is 13.2 Å². The molecule has 0 aliphatic heterocycles. The van der Waals surface area contributed by atoms with E-state index in [1.165, 1.54) is 11.1 Å². The predicted molar refractivity (Wildman–Crippen MR) is 134 cm³/mol. The van der Waals surface area contributed by atoms with E-state index in [0.717, 1.165) is 42.2 Å². The summed E-state index contributed by atoms with van der Waals surface area (Å²) in [5.41, 5.74) is 3.64. The number of carbonyl (C=O) groups is 1. The van der Waals surface area contributed by atoms with E-state index >= 15 is 0 Å². The summed E-state index contributed by atoms with van der Waals surface area (Å²) < 4.78 is 41.4. The van der Waals surface area contributed by atoms with E-state index < -0.39 is 17.2 Å². The molecule has 1 aromatic carbocycles. The Morgan fingerprint density at radius 3 is 2.62 bits per heavy atom. The predicted octanol–water partition coefficient (Wildman–Crippen LogP) is 6.62. The van der Waals surface area contributed by atoms with Crippen LogP contribution >= 0.6 is 0 Å². The Hall–Kier alpha value is -2.93. The molecule has 194 valence electrons. The number of alkyl halides is 3. The Labute approximate surface area is 214 Å². The lowest BCUT2D eigenvalue weighted by Gasteiger charge is -2.54. The highest BCUT2D eigenvalue weighted by molar-refractivity contribution is 5.93. The van der Waals surface area contributed by atoms with Crippen molar-refractivity contribution in [2.45, 2.75) is 69.6 Å². The molecule has 2 aromatic rings. The summed E-state index contributed by atoms with van der Waals surface area (Å²) in [7, 11) is 0. The molecule has 5 atom stereocenters. The van der Waals surface area contributed by atoms with E-state index in [0.29, 0.717) is 25.7 Å². The number of benzene rings is 1. The summed E-state index contributed by atoms with van der Waals surface area (Å²) in [5, 5.41) is 11.7. The summed E-state index contributed by atoms with van der Waals surface area (Å²) in [6, 6.07) is 8.28. The summed E-state index contributed by atoms with van der Waals surface area (Å²) in [5.74, 6) is 0.426. The monoisotopic (exact) mass is 508 g/mol. The number of hydrogen-bond acceptors (Lipinski definition) is 3. The highest BCUT2D eigenvalue weighted by Gasteiger charge is 2.62. The third-order valence-electron chi connectivity index (χ3n) is 9.60. The third-order valence-corrected chi connectivity index (χ3v) is 9.60. The number of nitrogens with zero attached hydrogens (tertiary/aromatic N) is 2. The van der Waals surface area contributed by atoms with Crippen LogP contribution in [0.25, 0.3) is 5.69 Å². The summed E-state index contributed by atoms with van der Waals surface area (Å²) in [6.45, 7) is 2.00. The molecule has 37 heavy (non-hydrogen) atoms. The Morgan fingerprint density at radius 1 is 1.14 bits per heavy atom. The molecule has 4 nitrogen and oxygen atoms in total. The van der Waals surface area contributed by atoms with Gasteiger partial charge in [0.25, 0.3) is 0 Å². The number of aliphatic hydroxyl groups is 1. The van der Waals surface area contributed by atoms with Crippen molar-refractivity contribution in [1.82, 2.24) is 9.55 Å². The van der Waals surface area contributed by atoms with Crippen LogP contribution in [0.1, 0.15) is 63.4 Å². The van der Waals surface area contributed by atoms with Gasteiger partial charge in [0.1, 0.15) is 0 Å². The number of hydrogen-bond donors (Lipinski definition) is 1. The van der Waals surface area contributed by atoms with Gasteiger partial charge in [-0.3, -0.25) is 4.79 Å². The first kappa shape index (κ1) is 24.4. The van der Waals surface area contributed by atoms with Gasteiger partial charge in [-0.1, -0.05) is 24.6 Å². The molecule has 2 fully saturated rings. The molecule has 0 spiro atoms. The van der Waals surface area contributed by atoms with E-state index in [2.05, 4.69) is 17.1 Å². The van der Waals surface area contributed by atoms with Crippen molar-refractivity contribution in [2.24, 2.45) is 17.3 Å². The van der Waals surface area contributed by atoms with Gasteiger partial charge in [-0.15, -0.1) is 0 Å². The lowest BCUT2D eigenvalue weighted by atomic mass is 9.51. The molecule has 1 N–H and O–H groups in total. The number of fused-ring (bicyclic) bond motifs is 4. The first-order valence-corrected chi connectivity index (χ1v) is 13.1. The van der Waals surface area contributed by atoms with E-state index in [1.807, 2.05) is 35.9 Å². The van der Waals surface area contributed by atoms with Crippen molar-refractivity contribution in [3.05, 3.63) is 83.5 Å². The van der Waals surface area contributed by atoms with E-state index in [1.54, 1.807) is 12.5 Å². The second kappa shape index (κ2) is 8.55. The van der Waals surface area contributed by atoms with Crippen molar-refractivity contribution in [1.29, 1.82) is 0 Å². The van der Waals surface area contributed by atoms with Gasteiger partial charge in [-0.2, -0.15) is 13.2 Å². The quantitative estimate of drug-likeness (QED) is 0.474. The van der Waals surface area contributed by atoms with E-state index in [4.69, 9.17) is 0 Å². The minimum Gasteiger partial charge on any atom is -0.385 e. The lowest BCUT2D eigenvalue weighted by Crippen LogP contribution is -2.50. The van der Waals surface area contributed by atoms with Gasteiger partial charge in [0.2, 0.25) is 0 Å². The molecule has 2 saturated carbocycles. The number of halogens is 3. The Bertz CT molecular complexity index is 1310. The highest BCUT2D eigenvalue weighted by Crippen LogP contribution is 2.67. The third kappa shape index (κ3) is 4.02. The molecule has 4 aliphatic carbocycles. The zero-order valence-corrected chi connectivity index (χ0v) is 20.8. The maximum Gasteiger partial charge on any atom is 0.409 e. The number of ketones is 1. The zero-order chi connectivity index (χ0) is 26.0. The van der Waals surface area contributed by atoms with Crippen LogP contribution in [0.5, 0.6) is 0 Å². The van der Waals surface area contributed by atoms with Crippen LogP contribution in [-0.2, 0) is 4.79 Å². The fourth-order valence-electron chi connectivity index (χ4n) is 7.79. The molecule has 1 heterocycles. The van der Waals surface area contributed by atoms with Crippen LogP contribution in [0.3, 0.4) is 0 Å². The number of allylic oxidation sites excluding steroid dienone is 5. The molecule has 1 aromatic heterocycles. The van der Waals surface area contributed by atoms with Gasteiger partial charge < -0.3 is 9.67 Å². The zero-order valence-electron chi connectivity index (χ0n) is 20.8. The molecule has 0 saturated heterocycles. The summed E-state index contributed by atoms with van der Waals surface area (Å²) in [4.78, 5) is 16.3. The highest BCUT2D eigenvalue weighted by atomic mass is 19.4. The van der Waals surface area contributed by atoms with Gasteiger partial charge in [0, 0.05) is 41.9 Å². The van der Waals surface area contributed by atoms with Gasteiger partial charge >= 0.3 is 6.18 Å². The van der Waals surface area contributed by atoms with E-state index in [9.17, 15) is 23.1 Å². The Morgan fingerprint density at radius 2 is 1.92 bits per heavy atom. The van der Waals surface area contributed by atoms with Crippen LogP contribution in [0.2, 0.25) is 0 Å². The van der Waals surface area contributed by atoms with Gasteiger partial charge in [0.15, 0.2) is 5.78 Å². The van der Waals surface area contributed by atoms with Crippen LogP contribution in [-0.4, -0.2) is 32.2 Å². The van der Waals surface area contributed by atoms with Gasteiger partial charge in [-0.05, 0) is 91.4 Å². The number of rotatable bonds is 3. The number of carbonyl (C=O) groups excluding carboxylic acids is 1. The van der Waals surface area contributed by atoms with Gasteiger partial charge in [0.05, 0.1) is 11.9 Å². The minimum atomic E-state index is -4.46. The molecule has 0 amide bonds. The maximum absolute atomic E-state index is 13.2. The Kier molecular flexibility index (Phi) is 5.64. The molecular weight excluding hydrogens is 477 g/mol. The SMILES string of the molecule is CC12CC(c3ccc(-n4ccnc4)cc3)C3=C4CCC(=O)C=C4CCC3C1CCC2(O)C=CC(F)(F)F. The van der Waals surface area contributed by atoms with Crippen molar-refractivity contribution >= 4 is 5.78 Å². The molecule has 5 unspecified atom stereocenters. The van der Waals surface area contributed by atoms with Gasteiger partial charge in [-0.25, -0.2) is 4.98 Å². The largest absolute Gasteiger partial charge is 0.409 e. The van der Waals surface area contributed by atoms with Crippen LogP contribution < -0.4 is 0 Å². The van der Waals surface area contributed by atoms with Crippen molar-refractivity contribution in [3.8, 4) is 5.69 Å². The first-order chi connectivity index (χ1) is 17.6. The lowest BCUT2D eigenvalue weighted by molar-refractivity contribution is -0.114. The molecule has 7 heteroatoms. The minimum absolute atomic E-state index is 0.0288. The first-order valence-electron chi connectivity index (χ1n) is 13.1. The standard InChI is InChI=1S/C30H31F3N2O2/c1-28-17-25(19-2-5-21(6-3-19)35-15-14-34-18-35)27-23-9-7-22(36)16-20(23)4-8-24(27)26(28)10-11-29(28,37)12-13-30(31,32)33/h2-3,5-6,12-16,18,24-26,37H,4,7-11,17H2,1H3. The van der Waals surface area contributed by atoms with Crippen molar-refractivity contribution in [3.63, 3.8) is 0 Å². The molecule has 0 bridgehead atoms. The molecule has 0 radical (unpaired) electrons. The van der Waals surface area contributed by atoms with E-state index in [-0.39, 0.29) is 29.6 Å². The second-order valence-electron chi connectivity index (χ2n) is 11.4. The fraction of sp³-hybridized carbons (Fsp3) is 0.467. The topological polar surface area (TPSA) is 55.1 Å². The normalized spacial score (nSPS) is 33.8. The summed E-state index contributed by atoms with van der Waals surface area (Å²) >= 11 is 0. The average Bonchev–Trinajstić information content (AvgIpc) is 3.49. The second-order valence-corrected chi connectivity index (χ2v) is 11.4. The van der Waals surface area contributed by atoms with Crippen LogP contribution in [0.15, 0.2) is 77.9 Å². The Balaban J connectivity index is 1.46. The molecule has 4 aliphatic rings. The summed E-state index contributed by atoms with van der Waals surface area (Å²) in [6.07, 6.45) is 8.43. The molecular formula is C30H31F3N2O2. The number of aromatic nitrogens is 2. The number of imidazole rings is 1. The van der Waals surface area contributed by atoms with Crippen molar-refractivity contribution < 1.29 is 23.1 Å². The van der Waals surface area contributed by atoms with Crippen LogP contribution in [0, 0.1) is 17.3 Å².